The van der Waals surface area contributed by atoms with Crippen LogP contribution < -0.4 is 10.6 Å². The number of halogens is 3. The number of nitrogens with zero attached hydrogens (tertiary/aromatic N) is 3. The van der Waals surface area contributed by atoms with E-state index in [-0.39, 0.29) is 36.1 Å². The van der Waals surface area contributed by atoms with Gasteiger partial charge in [0.25, 0.3) is 0 Å². The van der Waals surface area contributed by atoms with Gasteiger partial charge >= 0.3 is 0 Å². The number of likely N-dealkylation sites (tertiary alicyclic amines) is 2. The van der Waals surface area contributed by atoms with Gasteiger partial charge in [-0.15, -0.1) is 24.0 Å². The van der Waals surface area contributed by atoms with Crippen LogP contribution in [0.4, 0.5) is 8.78 Å². The first-order valence-corrected chi connectivity index (χ1v) is 10.3. The third kappa shape index (κ3) is 6.49. The molecule has 2 aliphatic rings. The average Bonchev–Trinajstić information content (AvgIpc) is 2.72. The molecule has 3 rings (SSSR count). The Kier molecular flexibility index (Phi) is 9.55. The molecule has 8 heteroatoms. The van der Waals surface area contributed by atoms with Crippen molar-refractivity contribution >= 4 is 29.9 Å². The molecule has 5 nitrogen and oxygen atoms in total. The van der Waals surface area contributed by atoms with E-state index >= 15 is 0 Å². The quantitative estimate of drug-likeness (QED) is 0.355. The van der Waals surface area contributed by atoms with Crippen molar-refractivity contribution < 1.29 is 8.78 Å². The Bertz CT molecular complexity index is 671. The van der Waals surface area contributed by atoms with Crippen LogP contribution in [0.25, 0.3) is 0 Å². The number of guanidine groups is 1. The third-order valence-corrected chi connectivity index (χ3v) is 6.21. The third-order valence-electron chi connectivity index (χ3n) is 6.21. The van der Waals surface area contributed by atoms with Crippen molar-refractivity contribution in [1.82, 2.24) is 20.4 Å². The summed E-state index contributed by atoms with van der Waals surface area (Å²) in [5, 5.41) is 6.58. The zero-order valence-electron chi connectivity index (χ0n) is 17.5. The fourth-order valence-electron chi connectivity index (χ4n) is 4.33. The maximum atomic E-state index is 13.9. The molecule has 2 aliphatic heterocycles. The van der Waals surface area contributed by atoms with E-state index in [9.17, 15) is 8.78 Å². The van der Waals surface area contributed by atoms with Crippen LogP contribution in [-0.4, -0.2) is 68.1 Å². The maximum Gasteiger partial charge on any atom is 0.191 e. The number of hydrogen-bond donors (Lipinski definition) is 2. The summed E-state index contributed by atoms with van der Waals surface area (Å²) in [7, 11) is 3.89. The van der Waals surface area contributed by atoms with Gasteiger partial charge in [-0.3, -0.25) is 9.89 Å². The van der Waals surface area contributed by atoms with Crippen LogP contribution in [0, 0.1) is 11.6 Å². The van der Waals surface area contributed by atoms with E-state index in [1.54, 1.807) is 7.05 Å². The van der Waals surface area contributed by atoms with Gasteiger partial charge in [-0.25, -0.2) is 8.78 Å². The van der Waals surface area contributed by atoms with E-state index in [0.717, 1.165) is 57.7 Å². The summed E-state index contributed by atoms with van der Waals surface area (Å²) in [5.41, 5.74) is 0.433. The van der Waals surface area contributed by atoms with Gasteiger partial charge < -0.3 is 15.5 Å². The van der Waals surface area contributed by atoms with Gasteiger partial charge in [-0.05, 0) is 77.1 Å². The molecule has 0 bridgehead atoms. The Balaban J connectivity index is 0.00000300. The molecule has 0 aromatic heterocycles. The Hall–Kier alpha value is -1.00. The molecule has 1 aromatic carbocycles. The second kappa shape index (κ2) is 11.4. The molecule has 29 heavy (non-hydrogen) atoms. The lowest BCUT2D eigenvalue weighted by atomic mass is 9.84. The second-order valence-corrected chi connectivity index (χ2v) is 8.09. The first-order valence-electron chi connectivity index (χ1n) is 10.3. The second-order valence-electron chi connectivity index (χ2n) is 8.09. The van der Waals surface area contributed by atoms with Crippen molar-refractivity contribution in [3.05, 3.63) is 35.4 Å². The number of piperidine rings is 2. The van der Waals surface area contributed by atoms with Crippen LogP contribution in [-0.2, 0) is 6.54 Å². The minimum Gasteiger partial charge on any atom is -0.355 e. The molecule has 0 unspecified atom stereocenters. The highest BCUT2D eigenvalue weighted by atomic mass is 127. The molecule has 0 spiro atoms. The van der Waals surface area contributed by atoms with Crippen molar-refractivity contribution in [2.45, 2.75) is 44.2 Å². The van der Waals surface area contributed by atoms with Crippen LogP contribution in [0.5, 0.6) is 0 Å². The Labute approximate surface area is 190 Å². The normalized spacial score (nSPS) is 20.8. The van der Waals surface area contributed by atoms with Gasteiger partial charge in [-0.2, -0.15) is 0 Å². The van der Waals surface area contributed by atoms with Gasteiger partial charge in [0.15, 0.2) is 5.96 Å². The molecule has 0 saturated carbocycles. The summed E-state index contributed by atoms with van der Waals surface area (Å²) in [6.07, 6.45) is 6.12. The van der Waals surface area contributed by atoms with Crippen LogP contribution >= 0.6 is 24.0 Å². The lowest BCUT2D eigenvalue weighted by Crippen LogP contribution is -2.62. The SMILES string of the molecule is CN=C(NCc1cc(F)ccc1F)NCC1(N2CCCCC2)CCN(C)CC1.I. The molecular weight excluding hydrogens is 487 g/mol. The zero-order valence-corrected chi connectivity index (χ0v) is 19.8. The first kappa shape index (κ1) is 24.3. The van der Waals surface area contributed by atoms with Crippen LogP contribution in [0.1, 0.15) is 37.7 Å². The molecular formula is C21H34F2IN5. The summed E-state index contributed by atoms with van der Waals surface area (Å²) in [5.74, 6) is -0.222. The van der Waals surface area contributed by atoms with E-state index in [1.165, 1.54) is 25.3 Å². The van der Waals surface area contributed by atoms with E-state index < -0.39 is 11.6 Å². The number of rotatable bonds is 5. The molecule has 2 fully saturated rings. The molecule has 164 valence electrons. The summed E-state index contributed by atoms with van der Waals surface area (Å²) >= 11 is 0. The van der Waals surface area contributed by atoms with E-state index in [1.807, 2.05) is 0 Å². The summed E-state index contributed by atoms with van der Waals surface area (Å²) < 4.78 is 27.2. The summed E-state index contributed by atoms with van der Waals surface area (Å²) in [6, 6.07) is 3.52. The van der Waals surface area contributed by atoms with Crippen molar-refractivity contribution in [3.8, 4) is 0 Å². The molecule has 0 atom stereocenters. The fraction of sp³-hybridized carbons (Fsp3) is 0.667. The van der Waals surface area contributed by atoms with Gasteiger partial charge in [0.05, 0.1) is 0 Å². The first-order chi connectivity index (χ1) is 13.5. The Morgan fingerprint density at radius 1 is 1.07 bits per heavy atom. The molecule has 2 saturated heterocycles. The van der Waals surface area contributed by atoms with Gasteiger partial charge in [-0.1, -0.05) is 6.42 Å². The Morgan fingerprint density at radius 3 is 2.41 bits per heavy atom. The van der Waals surface area contributed by atoms with Crippen LogP contribution in [0.15, 0.2) is 23.2 Å². The number of nitrogens with one attached hydrogen (secondary N) is 2. The Morgan fingerprint density at radius 2 is 1.76 bits per heavy atom. The molecule has 0 aliphatic carbocycles. The smallest absolute Gasteiger partial charge is 0.191 e. The summed E-state index contributed by atoms with van der Waals surface area (Å²) in [4.78, 5) is 9.33. The van der Waals surface area contributed by atoms with E-state index in [2.05, 4.69) is 32.5 Å². The van der Waals surface area contributed by atoms with Gasteiger partial charge in [0.1, 0.15) is 11.6 Å². The van der Waals surface area contributed by atoms with Gasteiger partial charge in [0, 0.05) is 31.2 Å². The highest BCUT2D eigenvalue weighted by Crippen LogP contribution is 2.30. The van der Waals surface area contributed by atoms with Crippen molar-refractivity contribution in [1.29, 1.82) is 0 Å². The number of hydrogen-bond acceptors (Lipinski definition) is 3. The molecule has 2 heterocycles. The monoisotopic (exact) mass is 521 g/mol. The number of benzene rings is 1. The highest BCUT2D eigenvalue weighted by molar-refractivity contribution is 14.0. The van der Waals surface area contributed by atoms with Crippen molar-refractivity contribution in [2.75, 3.05) is 46.8 Å². The predicted molar refractivity (Wildman–Crippen MR) is 125 cm³/mol. The standard InChI is InChI=1S/C21H33F2N5.HI/c1-24-20(25-15-17-14-18(22)6-7-19(17)23)26-16-21(8-12-27(2)13-9-21)28-10-4-3-5-11-28;/h6-7,14H,3-5,8-13,15-16H2,1-2H3,(H2,24,25,26);1H. The topological polar surface area (TPSA) is 42.9 Å². The van der Waals surface area contributed by atoms with Crippen LogP contribution in [0.3, 0.4) is 0 Å². The molecule has 1 aromatic rings. The van der Waals surface area contributed by atoms with E-state index in [4.69, 9.17) is 0 Å². The lowest BCUT2D eigenvalue weighted by Gasteiger charge is -2.50. The highest BCUT2D eigenvalue weighted by Gasteiger charge is 2.39. The van der Waals surface area contributed by atoms with Crippen molar-refractivity contribution in [2.24, 2.45) is 4.99 Å². The fourth-order valence-corrected chi connectivity index (χ4v) is 4.33. The molecule has 0 radical (unpaired) electrons. The predicted octanol–water partition coefficient (Wildman–Crippen LogP) is 3.20. The van der Waals surface area contributed by atoms with Crippen LogP contribution in [0.2, 0.25) is 0 Å². The zero-order chi connectivity index (χ0) is 20.0. The molecule has 0 amide bonds. The van der Waals surface area contributed by atoms with Gasteiger partial charge in [0.2, 0.25) is 0 Å². The van der Waals surface area contributed by atoms with E-state index in [0.29, 0.717) is 11.5 Å². The molecule has 2 N–H and O–H groups in total. The summed E-state index contributed by atoms with van der Waals surface area (Å²) in [6.45, 7) is 5.52. The minimum atomic E-state index is -0.434. The van der Waals surface area contributed by atoms with Crippen molar-refractivity contribution in [3.63, 3.8) is 0 Å². The number of aliphatic imine (C=N–C) groups is 1. The largest absolute Gasteiger partial charge is 0.355 e. The minimum absolute atomic E-state index is 0. The maximum absolute atomic E-state index is 13.9. The average molecular weight is 521 g/mol. The lowest BCUT2D eigenvalue weighted by molar-refractivity contribution is 0.0173.